The van der Waals surface area contributed by atoms with Gasteiger partial charge in [-0.15, -0.1) is 0 Å². The van der Waals surface area contributed by atoms with Crippen molar-refractivity contribution in [1.29, 1.82) is 10.5 Å². The second kappa shape index (κ2) is 6.69. The number of hydrogen-bond donors (Lipinski definition) is 1. The Balaban J connectivity index is 2.13. The number of nitriles is 2. The average Bonchev–Trinajstić information content (AvgIpc) is 2.52. The van der Waals surface area contributed by atoms with Gasteiger partial charge in [0.1, 0.15) is 23.6 Å². The molecule has 0 amide bonds. The van der Waals surface area contributed by atoms with E-state index in [4.69, 9.17) is 15.3 Å². The van der Waals surface area contributed by atoms with Crippen LogP contribution in [0.2, 0.25) is 0 Å². The van der Waals surface area contributed by atoms with Gasteiger partial charge in [0, 0.05) is 6.20 Å². The Bertz CT molecular complexity index is 725. The quantitative estimate of drug-likeness (QED) is 0.684. The molecule has 102 valence electrons. The lowest BCUT2D eigenvalue weighted by molar-refractivity contribution is 0.476. The molecule has 0 radical (unpaired) electrons. The van der Waals surface area contributed by atoms with Gasteiger partial charge in [0.05, 0.1) is 11.9 Å². The van der Waals surface area contributed by atoms with Crippen molar-refractivity contribution in [3.63, 3.8) is 0 Å². The number of benzene rings is 1. The zero-order chi connectivity index (χ0) is 15.1. The molecule has 0 aliphatic heterocycles. The van der Waals surface area contributed by atoms with Crippen LogP contribution in [0.1, 0.15) is 5.56 Å². The van der Waals surface area contributed by atoms with Crippen molar-refractivity contribution in [2.45, 2.75) is 6.92 Å². The summed E-state index contributed by atoms with van der Waals surface area (Å²) >= 11 is 0. The number of aryl methyl sites for hydroxylation is 1. The Hall–Kier alpha value is -3.38. The molecular formula is C15H11N5O. The van der Waals surface area contributed by atoms with E-state index in [1.807, 2.05) is 19.1 Å². The highest BCUT2D eigenvalue weighted by Crippen LogP contribution is 2.26. The standard InChI is InChI=1S/C15H11N5O/c1-11-7-12(19-20-13(8-16)9-17)4-5-15(11)21-14-3-2-6-18-10-14/h2-7,10,19H,1H3. The average molecular weight is 277 g/mol. The molecule has 0 unspecified atom stereocenters. The predicted molar refractivity (Wildman–Crippen MR) is 77.8 cm³/mol. The summed E-state index contributed by atoms with van der Waals surface area (Å²) in [6.45, 7) is 1.89. The molecule has 1 aromatic carbocycles. The van der Waals surface area contributed by atoms with Crippen molar-refractivity contribution in [3.05, 3.63) is 48.3 Å². The van der Waals surface area contributed by atoms with Crippen LogP contribution in [0.5, 0.6) is 11.5 Å². The summed E-state index contributed by atoms with van der Waals surface area (Å²) < 4.78 is 5.70. The largest absolute Gasteiger partial charge is 0.455 e. The van der Waals surface area contributed by atoms with Crippen LogP contribution in [0, 0.1) is 29.6 Å². The van der Waals surface area contributed by atoms with Crippen LogP contribution in [0.25, 0.3) is 0 Å². The minimum Gasteiger partial charge on any atom is -0.455 e. The third-order valence-corrected chi connectivity index (χ3v) is 2.55. The molecule has 2 aromatic rings. The second-order valence-electron chi connectivity index (χ2n) is 4.07. The summed E-state index contributed by atoms with van der Waals surface area (Å²) in [6.07, 6.45) is 3.30. The Morgan fingerprint density at radius 2 is 2.10 bits per heavy atom. The summed E-state index contributed by atoms with van der Waals surface area (Å²) in [5.41, 5.74) is 3.97. The molecule has 1 aromatic heterocycles. The first-order chi connectivity index (χ1) is 10.2. The van der Waals surface area contributed by atoms with E-state index in [2.05, 4.69) is 15.5 Å². The fourth-order valence-electron chi connectivity index (χ4n) is 1.56. The van der Waals surface area contributed by atoms with E-state index < -0.39 is 0 Å². The molecule has 2 rings (SSSR count). The molecule has 6 nitrogen and oxygen atoms in total. The van der Waals surface area contributed by atoms with Gasteiger partial charge in [0.25, 0.3) is 0 Å². The smallest absolute Gasteiger partial charge is 0.237 e. The molecule has 0 spiro atoms. The number of nitrogens with one attached hydrogen (secondary N) is 1. The Labute approximate surface area is 121 Å². The molecule has 21 heavy (non-hydrogen) atoms. The molecule has 1 heterocycles. The summed E-state index contributed by atoms with van der Waals surface area (Å²) in [6, 6.07) is 12.3. The molecule has 6 heteroatoms. The SMILES string of the molecule is Cc1cc(NN=C(C#N)C#N)ccc1Oc1cccnc1. The van der Waals surface area contributed by atoms with Gasteiger partial charge in [-0.1, -0.05) is 0 Å². The van der Waals surface area contributed by atoms with Gasteiger partial charge in [-0.05, 0) is 42.8 Å². The third-order valence-electron chi connectivity index (χ3n) is 2.55. The minimum atomic E-state index is -0.233. The fraction of sp³-hybridized carbons (Fsp3) is 0.0667. The highest BCUT2D eigenvalue weighted by atomic mass is 16.5. The Kier molecular flexibility index (Phi) is 4.47. The van der Waals surface area contributed by atoms with Crippen molar-refractivity contribution in [1.82, 2.24) is 4.98 Å². The molecule has 0 saturated carbocycles. The zero-order valence-corrected chi connectivity index (χ0v) is 11.2. The first-order valence-corrected chi connectivity index (χ1v) is 6.05. The van der Waals surface area contributed by atoms with E-state index in [1.54, 1.807) is 42.7 Å². The van der Waals surface area contributed by atoms with Gasteiger partial charge in [-0.3, -0.25) is 10.4 Å². The van der Waals surface area contributed by atoms with Gasteiger partial charge in [-0.2, -0.15) is 15.6 Å². The van der Waals surface area contributed by atoms with Gasteiger partial charge in [0.2, 0.25) is 5.71 Å². The maximum absolute atomic E-state index is 8.60. The van der Waals surface area contributed by atoms with E-state index in [1.165, 1.54) is 0 Å². The van der Waals surface area contributed by atoms with Crippen LogP contribution >= 0.6 is 0 Å². The number of pyridine rings is 1. The molecular weight excluding hydrogens is 266 g/mol. The van der Waals surface area contributed by atoms with Crippen LogP contribution in [-0.2, 0) is 0 Å². The topological polar surface area (TPSA) is 94.1 Å². The van der Waals surface area contributed by atoms with Crippen LogP contribution in [0.4, 0.5) is 5.69 Å². The van der Waals surface area contributed by atoms with Gasteiger partial charge >= 0.3 is 0 Å². The lowest BCUT2D eigenvalue weighted by atomic mass is 10.2. The highest BCUT2D eigenvalue weighted by molar-refractivity contribution is 6.10. The summed E-state index contributed by atoms with van der Waals surface area (Å²) in [5.74, 6) is 1.34. The molecule has 1 N–H and O–H groups in total. The lowest BCUT2D eigenvalue weighted by Crippen LogP contribution is -1.97. The van der Waals surface area contributed by atoms with Crippen molar-refractivity contribution in [2.75, 3.05) is 5.43 Å². The summed E-state index contributed by atoms with van der Waals surface area (Å²) in [7, 11) is 0. The van der Waals surface area contributed by atoms with Gasteiger partial charge < -0.3 is 4.74 Å². The van der Waals surface area contributed by atoms with Crippen molar-refractivity contribution in [2.24, 2.45) is 5.10 Å². The molecule has 0 atom stereocenters. The van der Waals surface area contributed by atoms with E-state index in [0.717, 1.165) is 5.56 Å². The van der Waals surface area contributed by atoms with Crippen molar-refractivity contribution in [3.8, 4) is 23.6 Å². The minimum absolute atomic E-state index is 0.233. The number of nitrogens with zero attached hydrogens (tertiary/aromatic N) is 4. The monoisotopic (exact) mass is 277 g/mol. The number of ether oxygens (including phenoxy) is 1. The Morgan fingerprint density at radius 1 is 1.29 bits per heavy atom. The van der Waals surface area contributed by atoms with E-state index in [9.17, 15) is 0 Å². The Morgan fingerprint density at radius 3 is 2.71 bits per heavy atom. The molecule has 0 bridgehead atoms. The second-order valence-corrected chi connectivity index (χ2v) is 4.07. The van der Waals surface area contributed by atoms with Gasteiger partial charge in [-0.25, -0.2) is 0 Å². The third kappa shape index (κ3) is 3.79. The van der Waals surface area contributed by atoms with E-state index in [0.29, 0.717) is 17.2 Å². The highest BCUT2D eigenvalue weighted by Gasteiger charge is 2.03. The van der Waals surface area contributed by atoms with Crippen LogP contribution in [-0.4, -0.2) is 10.7 Å². The number of hydrazone groups is 1. The maximum Gasteiger partial charge on any atom is 0.237 e. The van der Waals surface area contributed by atoms with E-state index >= 15 is 0 Å². The summed E-state index contributed by atoms with van der Waals surface area (Å²) in [4.78, 5) is 3.98. The molecule has 0 aliphatic rings. The number of anilines is 1. The summed E-state index contributed by atoms with van der Waals surface area (Å²) in [5, 5.41) is 20.9. The molecule has 0 saturated heterocycles. The van der Waals surface area contributed by atoms with E-state index in [-0.39, 0.29) is 5.71 Å². The number of aromatic nitrogens is 1. The van der Waals surface area contributed by atoms with Crippen molar-refractivity contribution < 1.29 is 4.74 Å². The number of hydrogen-bond acceptors (Lipinski definition) is 6. The van der Waals surface area contributed by atoms with Crippen LogP contribution < -0.4 is 10.2 Å². The zero-order valence-electron chi connectivity index (χ0n) is 11.2. The van der Waals surface area contributed by atoms with Crippen molar-refractivity contribution >= 4 is 11.4 Å². The van der Waals surface area contributed by atoms with Crippen LogP contribution in [0.3, 0.4) is 0 Å². The lowest BCUT2D eigenvalue weighted by Gasteiger charge is -2.09. The molecule has 0 fully saturated rings. The number of rotatable bonds is 4. The molecule has 0 aliphatic carbocycles. The first-order valence-electron chi connectivity index (χ1n) is 6.05. The maximum atomic E-state index is 8.60. The van der Waals surface area contributed by atoms with Gasteiger partial charge in [0.15, 0.2) is 0 Å². The fourth-order valence-corrected chi connectivity index (χ4v) is 1.56. The predicted octanol–water partition coefficient (Wildman–Crippen LogP) is 3.00. The van der Waals surface area contributed by atoms with Crippen LogP contribution in [0.15, 0.2) is 47.8 Å². The first kappa shape index (κ1) is 14.0. The normalized spacial score (nSPS) is 9.10.